The van der Waals surface area contributed by atoms with Crippen LogP contribution in [-0.2, 0) is 24.1 Å². The van der Waals surface area contributed by atoms with Crippen molar-refractivity contribution in [2.75, 3.05) is 0 Å². The van der Waals surface area contributed by atoms with Crippen molar-refractivity contribution >= 4 is 45.6 Å². The van der Waals surface area contributed by atoms with Gasteiger partial charge in [-0.3, -0.25) is 4.89 Å². The van der Waals surface area contributed by atoms with Gasteiger partial charge in [-0.2, -0.15) is 8.42 Å². The molecule has 0 atom stereocenters. The normalized spacial score (nSPS) is 10.2. The quantitative estimate of drug-likeness (QED) is 0.436. The van der Waals surface area contributed by atoms with Gasteiger partial charge in [0.05, 0.1) is 4.90 Å². The van der Waals surface area contributed by atoms with Crippen molar-refractivity contribution in [1.82, 2.24) is 0 Å². The third-order valence-corrected chi connectivity index (χ3v) is 2.37. The van der Waals surface area contributed by atoms with Gasteiger partial charge >= 0.3 is 16.1 Å². The number of benzene rings is 1. The van der Waals surface area contributed by atoms with E-state index in [0.29, 0.717) is 0 Å². The molecule has 1 radical (unpaired) electrons. The van der Waals surface area contributed by atoms with Crippen LogP contribution in [0.2, 0.25) is 0 Å². The van der Waals surface area contributed by atoms with Crippen LogP contribution >= 0.6 is 0 Å². The molecule has 0 aliphatic carbocycles. The molecule has 0 N–H and O–H groups in total. The molecule has 0 bridgehead atoms. The molecule has 0 spiro atoms. The largest absolute Gasteiger partial charge is 0.340 e. The van der Waals surface area contributed by atoms with Gasteiger partial charge in [0.2, 0.25) is 0 Å². The zero-order valence-electron chi connectivity index (χ0n) is 8.34. The van der Waals surface area contributed by atoms with Gasteiger partial charge in [-0.25, -0.2) is 4.79 Å². The number of hydrogen-bond acceptors (Lipinski definition) is 5. The third-order valence-electron chi connectivity index (χ3n) is 1.27. The number of carbonyl (C=O) groups is 1. The van der Waals surface area contributed by atoms with Gasteiger partial charge in [0.15, 0.2) is 0 Å². The van der Waals surface area contributed by atoms with Gasteiger partial charge in [0, 0.05) is 36.5 Å². The van der Waals surface area contributed by atoms with E-state index in [0.717, 1.165) is 6.92 Å². The number of carbonyl (C=O) groups excluding carboxylic acids is 1. The van der Waals surface area contributed by atoms with Gasteiger partial charge in [0.1, 0.15) is 0 Å². The first-order valence-corrected chi connectivity index (χ1v) is 5.10. The molecule has 0 aliphatic rings. The van der Waals surface area contributed by atoms with E-state index < -0.39 is 16.1 Å². The molecule has 0 fully saturated rings. The fraction of sp³-hybridized carbons (Fsp3) is 0.125. The van der Waals surface area contributed by atoms with Gasteiger partial charge in [-0.1, -0.05) is 18.2 Å². The topological polar surface area (TPSA) is 69.7 Å². The van der Waals surface area contributed by atoms with Crippen molar-refractivity contribution in [2.24, 2.45) is 0 Å². The second kappa shape index (κ2) is 6.24. The van der Waals surface area contributed by atoms with Crippen LogP contribution in [0.15, 0.2) is 35.2 Å². The van der Waals surface area contributed by atoms with E-state index in [1.165, 1.54) is 24.3 Å². The average molecular weight is 239 g/mol. The predicted octanol–water partition coefficient (Wildman–Crippen LogP) is 0.489. The summed E-state index contributed by atoms with van der Waals surface area (Å²) in [5.41, 5.74) is 0. The minimum absolute atomic E-state index is 0. The summed E-state index contributed by atoms with van der Waals surface area (Å²) >= 11 is 0. The minimum atomic E-state index is -4.00. The summed E-state index contributed by atoms with van der Waals surface area (Å²) in [6.07, 6.45) is 0. The Morgan fingerprint density at radius 1 is 1.20 bits per heavy atom. The second-order valence-corrected chi connectivity index (χ2v) is 3.93. The summed E-state index contributed by atoms with van der Waals surface area (Å²) in [4.78, 5) is 14.2. The minimum Gasteiger partial charge on any atom is -0.282 e. The number of hydrogen-bond donors (Lipinski definition) is 0. The maximum atomic E-state index is 11.2. The van der Waals surface area contributed by atoms with Crippen LogP contribution in [0.3, 0.4) is 0 Å². The molecule has 77 valence electrons. The first-order valence-electron chi connectivity index (χ1n) is 3.69. The van der Waals surface area contributed by atoms with Gasteiger partial charge < -0.3 is 0 Å². The molecule has 1 aromatic rings. The van der Waals surface area contributed by atoms with Crippen LogP contribution < -0.4 is 0 Å². The SMILES string of the molecule is CC(=O)OOS(=O)(=O)c1ccccc1.[Na]. The maximum Gasteiger partial charge on any atom is 0.340 e. The smallest absolute Gasteiger partial charge is 0.282 e. The summed E-state index contributed by atoms with van der Waals surface area (Å²) in [7, 11) is -4.00. The van der Waals surface area contributed by atoms with E-state index in [1.54, 1.807) is 6.07 Å². The number of rotatable bonds is 3. The standard InChI is InChI=1S/C8H8O5S.Na/c1-7(9)12-13-14(10,11)8-5-3-2-4-6-8;/h2-6H,1H3;. The Morgan fingerprint density at radius 3 is 2.20 bits per heavy atom. The second-order valence-electron chi connectivity index (χ2n) is 2.41. The third kappa shape index (κ3) is 4.76. The first kappa shape index (κ1) is 14.6. The Balaban J connectivity index is 0.00000196. The first-order chi connectivity index (χ1) is 6.52. The fourth-order valence-corrected chi connectivity index (χ4v) is 1.47. The van der Waals surface area contributed by atoms with Crippen LogP contribution in [0.1, 0.15) is 6.92 Å². The van der Waals surface area contributed by atoms with Crippen molar-refractivity contribution in [3.63, 3.8) is 0 Å². The molecule has 0 saturated carbocycles. The molecular weight excluding hydrogens is 231 g/mol. The van der Waals surface area contributed by atoms with Gasteiger partial charge in [-0.15, -0.1) is 0 Å². The summed E-state index contributed by atoms with van der Waals surface area (Å²) in [5, 5.41) is 0. The zero-order valence-corrected chi connectivity index (χ0v) is 11.2. The molecule has 0 unspecified atom stereocenters. The Kier molecular flexibility index (Phi) is 6.07. The molecule has 5 nitrogen and oxygen atoms in total. The van der Waals surface area contributed by atoms with Crippen LogP contribution in [0.4, 0.5) is 0 Å². The van der Waals surface area contributed by atoms with Crippen molar-refractivity contribution < 1.29 is 22.4 Å². The molecule has 1 aromatic carbocycles. The Hall–Kier alpha value is -0.400. The summed E-state index contributed by atoms with van der Waals surface area (Å²) in [5.74, 6) is -0.829. The fourth-order valence-electron chi connectivity index (χ4n) is 0.719. The molecule has 15 heavy (non-hydrogen) atoms. The predicted molar refractivity (Wildman–Crippen MR) is 52.2 cm³/mol. The zero-order chi connectivity index (χ0) is 10.6. The van der Waals surface area contributed by atoms with E-state index in [1.807, 2.05) is 0 Å². The van der Waals surface area contributed by atoms with E-state index in [4.69, 9.17) is 0 Å². The maximum absolute atomic E-state index is 11.2. The van der Waals surface area contributed by atoms with E-state index in [2.05, 4.69) is 9.22 Å². The van der Waals surface area contributed by atoms with Crippen LogP contribution in [0.25, 0.3) is 0 Å². The molecule has 0 amide bonds. The van der Waals surface area contributed by atoms with E-state index in [9.17, 15) is 13.2 Å². The van der Waals surface area contributed by atoms with Crippen molar-refractivity contribution in [3.05, 3.63) is 30.3 Å². The monoisotopic (exact) mass is 239 g/mol. The molecule has 7 heteroatoms. The summed E-state index contributed by atoms with van der Waals surface area (Å²) < 4.78 is 26.5. The Bertz CT molecular complexity index is 414. The van der Waals surface area contributed by atoms with Crippen molar-refractivity contribution in [3.8, 4) is 0 Å². The summed E-state index contributed by atoms with van der Waals surface area (Å²) in [6, 6.07) is 7.39. The molecular formula is C8H8NaO5S. The van der Waals surface area contributed by atoms with E-state index in [-0.39, 0.29) is 34.5 Å². The van der Waals surface area contributed by atoms with Crippen molar-refractivity contribution in [2.45, 2.75) is 11.8 Å². The molecule has 1 rings (SSSR count). The van der Waals surface area contributed by atoms with Crippen LogP contribution in [0.5, 0.6) is 0 Å². The van der Waals surface area contributed by atoms with Gasteiger partial charge in [0.25, 0.3) is 0 Å². The molecule has 0 aromatic heterocycles. The Labute approximate surface area is 110 Å². The molecule has 0 heterocycles. The molecule has 0 saturated heterocycles. The van der Waals surface area contributed by atoms with Crippen molar-refractivity contribution in [1.29, 1.82) is 0 Å². The van der Waals surface area contributed by atoms with Gasteiger partial charge in [-0.05, 0) is 16.5 Å². The Morgan fingerprint density at radius 2 is 1.73 bits per heavy atom. The summed E-state index contributed by atoms with van der Waals surface area (Å²) in [6.45, 7) is 1.04. The molecule has 0 aliphatic heterocycles. The van der Waals surface area contributed by atoms with Crippen LogP contribution in [-0.4, -0.2) is 43.9 Å². The van der Waals surface area contributed by atoms with Crippen LogP contribution in [0, 0.1) is 0 Å². The van der Waals surface area contributed by atoms with E-state index >= 15 is 0 Å². The average Bonchev–Trinajstić information content (AvgIpc) is 2.16.